The van der Waals surface area contributed by atoms with E-state index in [2.05, 4.69) is 22.9 Å². The van der Waals surface area contributed by atoms with Gasteiger partial charge in [-0.3, -0.25) is 0 Å². The first-order chi connectivity index (χ1) is 6.22. The zero-order chi connectivity index (χ0) is 9.84. The molecule has 0 unspecified atom stereocenters. The van der Waals surface area contributed by atoms with E-state index in [4.69, 9.17) is 9.47 Å². The molecule has 0 aliphatic carbocycles. The Hall–Kier alpha value is -0.700. The Bertz CT molecular complexity index is 272. The van der Waals surface area contributed by atoms with Crippen LogP contribution in [0.25, 0.3) is 0 Å². The van der Waals surface area contributed by atoms with Gasteiger partial charge in [-0.05, 0) is 40.0 Å². The Kier molecular flexibility index (Phi) is 3.60. The Morgan fingerprint density at radius 2 is 1.62 bits per heavy atom. The Morgan fingerprint density at radius 3 is 1.92 bits per heavy atom. The second kappa shape index (κ2) is 4.51. The van der Waals surface area contributed by atoms with Gasteiger partial charge in [0.05, 0.1) is 14.2 Å². The monoisotopic (exact) mass is 244 g/mol. The molecule has 0 aromatic heterocycles. The minimum absolute atomic E-state index is 0.816. The average Bonchev–Trinajstić information content (AvgIpc) is 2.18. The fourth-order valence-corrected chi connectivity index (χ4v) is 1.68. The molecular weight excluding hydrogens is 232 g/mol. The largest absolute Gasteiger partial charge is 0.495 e. The predicted octanol–water partition coefficient (Wildman–Crippen LogP) is 3.03. The quantitative estimate of drug-likeness (QED) is 0.814. The van der Waals surface area contributed by atoms with Gasteiger partial charge in [0.2, 0.25) is 0 Å². The van der Waals surface area contributed by atoms with Gasteiger partial charge in [0.15, 0.2) is 0 Å². The molecule has 0 N–H and O–H groups in total. The summed E-state index contributed by atoms with van der Waals surface area (Å²) in [5.41, 5.74) is 1.21. The van der Waals surface area contributed by atoms with Gasteiger partial charge in [0.25, 0.3) is 0 Å². The van der Waals surface area contributed by atoms with Crippen molar-refractivity contribution in [1.29, 1.82) is 0 Å². The summed E-state index contributed by atoms with van der Waals surface area (Å²) in [6.07, 6.45) is 0.972. The van der Waals surface area contributed by atoms with Gasteiger partial charge in [-0.2, -0.15) is 0 Å². The van der Waals surface area contributed by atoms with Crippen molar-refractivity contribution in [2.45, 2.75) is 13.3 Å². The number of benzene rings is 1. The summed E-state index contributed by atoms with van der Waals surface area (Å²) >= 11 is 3.41. The van der Waals surface area contributed by atoms with Gasteiger partial charge < -0.3 is 9.47 Å². The molecule has 13 heavy (non-hydrogen) atoms. The first-order valence-electron chi connectivity index (χ1n) is 4.13. The van der Waals surface area contributed by atoms with Crippen LogP contribution in [-0.4, -0.2) is 14.2 Å². The van der Waals surface area contributed by atoms with Gasteiger partial charge in [-0.1, -0.05) is 6.92 Å². The topological polar surface area (TPSA) is 18.5 Å². The maximum absolute atomic E-state index is 5.20. The lowest BCUT2D eigenvalue weighted by molar-refractivity contribution is 0.388. The molecule has 0 saturated heterocycles. The molecule has 0 amide bonds. The number of hydrogen-bond acceptors (Lipinski definition) is 2. The van der Waals surface area contributed by atoms with E-state index >= 15 is 0 Å². The molecule has 3 heteroatoms. The van der Waals surface area contributed by atoms with Crippen LogP contribution in [0.5, 0.6) is 11.5 Å². The molecule has 1 aromatic carbocycles. The smallest absolute Gasteiger partial charge is 0.137 e. The van der Waals surface area contributed by atoms with Crippen molar-refractivity contribution < 1.29 is 9.47 Å². The van der Waals surface area contributed by atoms with E-state index in [1.54, 1.807) is 14.2 Å². The average molecular weight is 245 g/mol. The first kappa shape index (κ1) is 10.4. The molecule has 0 radical (unpaired) electrons. The Labute approximate surface area is 87.0 Å². The molecule has 0 spiro atoms. The van der Waals surface area contributed by atoms with Gasteiger partial charge in [-0.25, -0.2) is 0 Å². The van der Waals surface area contributed by atoms with Gasteiger partial charge in [-0.15, -0.1) is 0 Å². The van der Waals surface area contributed by atoms with Gasteiger partial charge in [0.1, 0.15) is 16.0 Å². The van der Waals surface area contributed by atoms with Crippen LogP contribution in [0.3, 0.4) is 0 Å². The molecule has 2 nitrogen and oxygen atoms in total. The standard InChI is InChI=1S/C10H13BrO2/c1-4-7-5-8(12-2)10(11)9(6-7)13-3/h5-6H,4H2,1-3H3. The van der Waals surface area contributed by atoms with E-state index in [0.717, 1.165) is 22.4 Å². The van der Waals surface area contributed by atoms with E-state index in [1.807, 2.05) is 12.1 Å². The highest BCUT2D eigenvalue weighted by atomic mass is 79.9. The normalized spacial score (nSPS) is 9.85. The maximum atomic E-state index is 5.20. The third-order valence-electron chi connectivity index (χ3n) is 1.91. The van der Waals surface area contributed by atoms with Crippen LogP contribution in [0.15, 0.2) is 16.6 Å². The number of hydrogen-bond donors (Lipinski definition) is 0. The summed E-state index contributed by atoms with van der Waals surface area (Å²) in [5, 5.41) is 0. The van der Waals surface area contributed by atoms with Crippen molar-refractivity contribution in [1.82, 2.24) is 0 Å². The van der Waals surface area contributed by atoms with E-state index in [9.17, 15) is 0 Å². The molecule has 0 atom stereocenters. The molecule has 0 aliphatic rings. The summed E-state index contributed by atoms with van der Waals surface area (Å²) in [6, 6.07) is 4.01. The highest BCUT2D eigenvalue weighted by molar-refractivity contribution is 9.10. The zero-order valence-corrected chi connectivity index (χ0v) is 9.64. The van der Waals surface area contributed by atoms with E-state index in [1.165, 1.54) is 5.56 Å². The van der Waals surface area contributed by atoms with Crippen molar-refractivity contribution in [3.8, 4) is 11.5 Å². The Morgan fingerprint density at radius 1 is 1.15 bits per heavy atom. The summed E-state index contributed by atoms with van der Waals surface area (Å²) in [4.78, 5) is 0. The summed E-state index contributed by atoms with van der Waals surface area (Å²) < 4.78 is 11.3. The first-order valence-corrected chi connectivity index (χ1v) is 4.92. The highest BCUT2D eigenvalue weighted by Crippen LogP contribution is 2.35. The predicted molar refractivity (Wildman–Crippen MR) is 56.6 cm³/mol. The van der Waals surface area contributed by atoms with Gasteiger partial charge >= 0.3 is 0 Å². The SMILES string of the molecule is CCc1cc(OC)c(Br)c(OC)c1. The minimum atomic E-state index is 0.816. The highest BCUT2D eigenvalue weighted by Gasteiger charge is 2.08. The lowest BCUT2D eigenvalue weighted by atomic mass is 10.1. The molecule has 0 saturated carbocycles. The number of methoxy groups -OCH3 is 2. The third-order valence-corrected chi connectivity index (χ3v) is 2.70. The molecule has 0 aliphatic heterocycles. The lowest BCUT2D eigenvalue weighted by Gasteiger charge is -2.10. The molecule has 0 fully saturated rings. The number of rotatable bonds is 3. The number of halogens is 1. The summed E-state index contributed by atoms with van der Waals surface area (Å²) in [7, 11) is 3.30. The van der Waals surface area contributed by atoms with Crippen LogP contribution in [0.2, 0.25) is 0 Å². The van der Waals surface area contributed by atoms with Crippen LogP contribution in [0.4, 0.5) is 0 Å². The van der Waals surface area contributed by atoms with Crippen molar-refractivity contribution in [2.24, 2.45) is 0 Å². The van der Waals surface area contributed by atoms with Crippen molar-refractivity contribution in [3.05, 3.63) is 22.2 Å². The van der Waals surface area contributed by atoms with Crippen LogP contribution in [-0.2, 0) is 6.42 Å². The fraction of sp³-hybridized carbons (Fsp3) is 0.400. The van der Waals surface area contributed by atoms with E-state index in [-0.39, 0.29) is 0 Å². The van der Waals surface area contributed by atoms with Crippen LogP contribution in [0, 0.1) is 0 Å². The lowest BCUT2D eigenvalue weighted by Crippen LogP contribution is -1.92. The van der Waals surface area contributed by atoms with Crippen LogP contribution < -0.4 is 9.47 Å². The van der Waals surface area contributed by atoms with E-state index < -0.39 is 0 Å². The fourth-order valence-electron chi connectivity index (χ4n) is 1.13. The molecule has 0 bridgehead atoms. The summed E-state index contributed by atoms with van der Waals surface area (Å²) in [5.74, 6) is 1.63. The van der Waals surface area contributed by atoms with Crippen molar-refractivity contribution in [2.75, 3.05) is 14.2 Å². The third kappa shape index (κ3) is 2.15. The van der Waals surface area contributed by atoms with Crippen molar-refractivity contribution in [3.63, 3.8) is 0 Å². The van der Waals surface area contributed by atoms with Crippen LogP contribution in [0.1, 0.15) is 12.5 Å². The molecule has 0 heterocycles. The van der Waals surface area contributed by atoms with Crippen LogP contribution >= 0.6 is 15.9 Å². The zero-order valence-electron chi connectivity index (χ0n) is 8.06. The number of ether oxygens (including phenoxy) is 2. The van der Waals surface area contributed by atoms with E-state index in [0.29, 0.717) is 0 Å². The minimum Gasteiger partial charge on any atom is -0.495 e. The molecule has 1 aromatic rings. The number of aryl methyl sites for hydroxylation is 1. The molecule has 1 rings (SSSR count). The second-order valence-electron chi connectivity index (χ2n) is 2.67. The molecular formula is C10H13BrO2. The maximum Gasteiger partial charge on any atom is 0.137 e. The summed E-state index contributed by atoms with van der Waals surface area (Å²) in [6.45, 7) is 2.10. The second-order valence-corrected chi connectivity index (χ2v) is 3.46. The van der Waals surface area contributed by atoms with Crippen molar-refractivity contribution >= 4 is 15.9 Å². The Balaban J connectivity index is 3.20. The molecule has 72 valence electrons. The van der Waals surface area contributed by atoms with Gasteiger partial charge in [0, 0.05) is 0 Å².